The lowest BCUT2D eigenvalue weighted by Gasteiger charge is -2.19. The third-order valence-electron chi connectivity index (χ3n) is 3.69. The molecule has 0 aliphatic heterocycles. The quantitative estimate of drug-likeness (QED) is 0.839. The normalized spacial score (nSPS) is 13.2. The van der Waals surface area contributed by atoms with Crippen LogP contribution < -0.4 is 5.32 Å². The summed E-state index contributed by atoms with van der Waals surface area (Å²) in [5.41, 5.74) is 2.41. The summed E-state index contributed by atoms with van der Waals surface area (Å²) in [4.78, 5) is 2.24. The van der Waals surface area contributed by atoms with Crippen molar-refractivity contribution in [1.29, 1.82) is 0 Å². The van der Waals surface area contributed by atoms with Crippen LogP contribution in [-0.4, -0.2) is 47.9 Å². The summed E-state index contributed by atoms with van der Waals surface area (Å²) in [6.07, 6.45) is 2.13. The van der Waals surface area contributed by atoms with Gasteiger partial charge in [-0.2, -0.15) is 5.10 Å². The molecule has 0 aliphatic rings. The topological polar surface area (TPSA) is 33.1 Å². The molecule has 1 heterocycles. The van der Waals surface area contributed by atoms with Crippen molar-refractivity contribution < 1.29 is 0 Å². The Hall–Kier alpha value is -1.39. The highest BCUT2D eigenvalue weighted by Crippen LogP contribution is 2.19. The molecule has 0 bridgehead atoms. The fourth-order valence-electron chi connectivity index (χ4n) is 2.65. The van der Waals surface area contributed by atoms with Crippen LogP contribution in [0.3, 0.4) is 0 Å². The van der Waals surface area contributed by atoms with Gasteiger partial charge in [0.25, 0.3) is 0 Å². The Bertz CT molecular complexity index is 544. The molecule has 1 aromatic heterocycles. The lowest BCUT2D eigenvalue weighted by Crippen LogP contribution is -2.34. The predicted molar refractivity (Wildman–Crippen MR) is 85.1 cm³/mol. The molecule has 4 nitrogen and oxygen atoms in total. The van der Waals surface area contributed by atoms with Crippen LogP contribution in [-0.2, 0) is 13.5 Å². The number of aromatic nitrogens is 2. The van der Waals surface area contributed by atoms with Crippen molar-refractivity contribution in [3.8, 4) is 0 Å². The van der Waals surface area contributed by atoms with Gasteiger partial charge in [-0.05, 0) is 39.7 Å². The van der Waals surface area contributed by atoms with E-state index >= 15 is 0 Å². The van der Waals surface area contributed by atoms with E-state index in [0.717, 1.165) is 25.9 Å². The highest BCUT2D eigenvalue weighted by molar-refractivity contribution is 5.81. The lowest BCUT2D eigenvalue weighted by molar-refractivity contribution is 0.357. The van der Waals surface area contributed by atoms with Crippen molar-refractivity contribution in [2.45, 2.75) is 25.8 Å². The highest BCUT2D eigenvalue weighted by Gasteiger charge is 2.14. The van der Waals surface area contributed by atoms with Crippen LogP contribution in [0.15, 0.2) is 24.3 Å². The zero-order valence-corrected chi connectivity index (χ0v) is 13.1. The van der Waals surface area contributed by atoms with Crippen molar-refractivity contribution in [2.24, 2.45) is 7.05 Å². The second-order valence-corrected chi connectivity index (χ2v) is 5.64. The van der Waals surface area contributed by atoms with Crippen molar-refractivity contribution in [2.75, 3.05) is 27.2 Å². The summed E-state index contributed by atoms with van der Waals surface area (Å²) >= 11 is 0. The SMILES string of the molecule is CCNC(CCN(C)C)Cc1nn(C)c2ccccc12. The van der Waals surface area contributed by atoms with E-state index in [-0.39, 0.29) is 0 Å². The minimum Gasteiger partial charge on any atom is -0.314 e. The summed E-state index contributed by atoms with van der Waals surface area (Å²) in [5, 5.41) is 9.57. The molecule has 1 N–H and O–H groups in total. The average Bonchev–Trinajstić information content (AvgIpc) is 2.74. The molecule has 0 spiro atoms. The van der Waals surface area contributed by atoms with Crippen LogP contribution in [0, 0.1) is 0 Å². The Morgan fingerprint density at radius 2 is 2.05 bits per heavy atom. The molecule has 1 atom stereocenters. The van der Waals surface area contributed by atoms with Crippen molar-refractivity contribution in [1.82, 2.24) is 20.0 Å². The van der Waals surface area contributed by atoms with Crippen molar-refractivity contribution in [3.63, 3.8) is 0 Å². The molecular weight excluding hydrogens is 248 g/mol. The standard InChI is InChI=1S/C16H26N4/c1-5-17-13(10-11-19(2)3)12-15-14-8-6-7-9-16(14)20(4)18-15/h6-9,13,17H,5,10-12H2,1-4H3. The van der Waals surface area contributed by atoms with Crippen LogP contribution >= 0.6 is 0 Å². The van der Waals surface area contributed by atoms with Gasteiger partial charge >= 0.3 is 0 Å². The molecule has 20 heavy (non-hydrogen) atoms. The molecule has 0 saturated carbocycles. The first-order chi connectivity index (χ1) is 9.61. The average molecular weight is 274 g/mol. The number of rotatable bonds is 7. The van der Waals surface area contributed by atoms with E-state index in [1.165, 1.54) is 16.6 Å². The van der Waals surface area contributed by atoms with Gasteiger partial charge in [-0.3, -0.25) is 4.68 Å². The van der Waals surface area contributed by atoms with Crippen molar-refractivity contribution >= 4 is 10.9 Å². The molecule has 2 rings (SSSR count). The van der Waals surface area contributed by atoms with Crippen LogP contribution in [0.5, 0.6) is 0 Å². The highest BCUT2D eigenvalue weighted by atomic mass is 15.3. The number of aryl methyl sites for hydroxylation is 1. The monoisotopic (exact) mass is 274 g/mol. The largest absolute Gasteiger partial charge is 0.314 e. The van der Waals surface area contributed by atoms with Gasteiger partial charge in [0.15, 0.2) is 0 Å². The maximum Gasteiger partial charge on any atom is 0.0718 e. The van der Waals surface area contributed by atoms with Gasteiger partial charge in [-0.1, -0.05) is 25.1 Å². The number of likely N-dealkylation sites (N-methyl/N-ethyl adjacent to an activating group) is 1. The van der Waals surface area contributed by atoms with Gasteiger partial charge in [-0.25, -0.2) is 0 Å². The number of para-hydroxylation sites is 1. The van der Waals surface area contributed by atoms with E-state index in [4.69, 9.17) is 5.10 Å². The third-order valence-corrected chi connectivity index (χ3v) is 3.69. The molecule has 1 unspecified atom stereocenters. The third kappa shape index (κ3) is 3.58. The summed E-state index contributed by atoms with van der Waals surface area (Å²) in [6.45, 7) is 4.27. The second-order valence-electron chi connectivity index (χ2n) is 5.64. The van der Waals surface area contributed by atoms with E-state index in [1.54, 1.807) is 0 Å². The number of fused-ring (bicyclic) bond motifs is 1. The van der Waals surface area contributed by atoms with Gasteiger partial charge in [0.2, 0.25) is 0 Å². The van der Waals surface area contributed by atoms with Crippen LogP contribution in [0.2, 0.25) is 0 Å². The first-order valence-corrected chi connectivity index (χ1v) is 7.40. The Morgan fingerprint density at radius 1 is 1.30 bits per heavy atom. The van der Waals surface area contributed by atoms with Gasteiger partial charge < -0.3 is 10.2 Å². The van der Waals surface area contributed by atoms with Gasteiger partial charge in [0.1, 0.15) is 0 Å². The van der Waals surface area contributed by atoms with E-state index < -0.39 is 0 Å². The summed E-state index contributed by atoms with van der Waals surface area (Å²) in [7, 11) is 6.27. The number of hydrogen-bond acceptors (Lipinski definition) is 3. The summed E-state index contributed by atoms with van der Waals surface area (Å²) in [5.74, 6) is 0. The smallest absolute Gasteiger partial charge is 0.0718 e. The first kappa shape index (κ1) is 15.0. The molecule has 4 heteroatoms. The predicted octanol–water partition coefficient (Wildman–Crippen LogP) is 2.05. The molecule has 0 aliphatic carbocycles. The van der Waals surface area contributed by atoms with E-state index in [2.05, 4.69) is 55.5 Å². The molecule has 0 fully saturated rings. The minimum atomic E-state index is 0.487. The Labute approximate surface area is 121 Å². The van der Waals surface area contributed by atoms with Crippen LogP contribution in [0.1, 0.15) is 19.0 Å². The van der Waals surface area contributed by atoms with Gasteiger partial charge in [0.05, 0.1) is 11.2 Å². The van der Waals surface area contributed by atoms with Crippen LogP contribution in [0.4, 0.5) is 0 Å². The second kappa shape index (κ2) is 6.86. The fourth-order valence-corrected chi connectivity index (χ4v) is 2.65. The fraction of sp³-hybridized carbons (Fsp3) is 0.562. The maximum atomic E-state index is 4.70. The molecule has 0 saturated heterocycles. The molecule has 0 amide bonds. The molecule has 0 radical (unpaired) electrons. The zero-order chi connectivity index (χ0) is 14.5. The Kier molecular flexibility index (Phi) is 5.15. The molecule has 110 valence electrons. The molecule has 1 aromatic carbocycles. The van der Waals surface area contributed by atoms with Gasteiger partial charge in [-0.15, -0.1) is 0 Å². The minimum absolute atomic E-state index is 0.487. The lowest BCUT2D eigenvalue weighted by atomic mass is 10.0. The number of benzene rings is 1. The summed E-state index contributed by atoms with van der Waals surface area (Å²) in [6, 6.07) is 8.96. The Balaban J connectivity index is 2.15. The van der Waals surface area contributed by atoms with E-state index in [9.17, 15) is 0 Å². The first-order valence-electron chi connectivity index (χ1n) is 7.40. The summed E-state index contributed by atoms with van der Waals surface area (Å²) < 4.78 is 1.99. The molecular formula is C16H26N4. The number of hydrogen-bond donors (Lipinski definition) is 1. The Morgan fingerprint density at radius 3 is 2.75 bits per heavy atom. The van der Waals surface area contributed by atoms with E-state index in [1.807, 2.05) is 11.7 Å². The van der Waals surface area contributed by atoms with Crippen LogP contribution in [0.25, 0.3) is 10.9 Å². The van der Waals surface area contributed by atoms with E-state index in [0.29, 0.717) is 6.04 Å². The maximum absolute atomic E-state index is 4.70. The zero-order valence-electron chi connectivity index (χ0n) is 13.1. The van der Waals surface area contributed by atoms with Gasteiger partial charge in [0, 0.05) is 24.9 Å². The molecule has 2 aromatic rings. The van der Waals surface area contributed by atoms with Crippen molar-refractivity contribution in [3.05, 3.63) is 30.0 Å². The number of nitrogens with zero attached hydrogens (tertiary/aromatic N) is 3. The number of nitrogens with one attached hydrogen (secondary N) is 1.